The highest BCUT2D eigenvalue weighted by atomic mass is 16.3. The fraction of sp³-hybridized carbons (Fsp3) is 0.500. The number of hydrogen-bond donors (Lipinski definition) is 1. The predicted octanol–water partition coefficient (Wildman–Crippen LogP) is 1.30. The van der Waals surface area contributed by atoms with Crippen molar-refractivity contribution in [1.82, 2.24) is 4.57 Å². The van der Waals surface area contributed by atoms with Gasteiger partial charge in [-0.3, -0.25) is 4.79 Å². The van der Waals surface area contributed by atoms with Gasteiger partial charge in [-0.2, -0.15) is 0 Å². The van der Waals surface area contributed by atoms with E-state index in [2.05, 4.69) is 0 Å². The largest absolute Gasteiger partial charge is 0.395 e. The fourth-order valence-electron chi connectivity index (χ4n) is 1.60. The second-order valence-corrected chi connectivity index (χ2v) is 3.22. The first-order valence-electron chi connectivity index (χ1n) is 4.36. The van der Waals surface area contributed by atoms with Gasteiger partial charge in [-0.25, -0.2) is 0 Å². The van der Waals surface area contributed by atoms with E-state index in [1.165, 1.54) is 0 Å². The van der Waals surface area contributed by atoms with Crippen molar-refractivity contribution >= 4 is 5.78 Å². The number of aliphatic hydroxyl groups excluding tert-OH is 1. The molecule has 0 aliphatic rings. The number of aryl methyl sites for hydroxylation is 1. The number of carbonyl (C=O) groups excluding carboxylic acids is 1. The van der Waals surface area contributed by atoms with E-state index in [9.17, 15) is 4.79 Å². The van der Waals surface area contributed by atoms with Crippen molar-refractivity contribution in [3.05, 3.63) is 23.0 Å². The van der Waals surface area contributed by atoms with Crippen molar-refractivity contribution in [2.45, 2.75) is 27.3 Å². The van der Waals surface area contributed by atoms with Crippen LogP contribution in [0.1, 0.15) is 28.7 Å². The van der Waals surface area contributed by atoms with Crippen molar-refractivity contribution in [2.24, 2.45) is 0 Å². The van der Waals surface area contributed by atoms with Gasteiger partial charge in [0.25, 0.3) is 0 Å². The maximum absolute atomic E-state index is 11.2. The zero-order valence-electron chi connectivity index (χ0n) is 8.29. The summed E-state index contributed by atoms with van der Waals surface area (Å²) in [7, 11) is 0. The zero-order chi connectivity index (χ0) is 10.0. The Morgan fingerprint density at radius 3 is 2.54 bits per heavy atom. The molecule has 0 fully saturated rings. The van der Waals surface area contributed by atoms with E-state index >= 15 is 0 Å². The highest BCUT2D eigenvalue weighted by molar-refractivity contribution is 5.95. The van der Waals surface area contributed by atoms with Crippen molar-refractivity contribution in [3.63, 3.8) is 0 Å². The van der Waals surface area contributed by atoms with E-state index in [4.69, 9.17) is 5.11 Å². The first kappa shape index (κ1) is 9.99. The number of Topliss-reactive ketones (excluding diaryl/α,β-unsaturated/α-hetero) is 1. The Bertz CT molecular complexity index is 326. The third kappa shape index (κ3) is 1.80. The maximum Gasteiger partial charge on any atom is 0.161 e. The summed E-state index contributed by atoms with van der Waals surface area (Å²) in [6.07, 6.45) is 0. The lowest BCUT2D eigenvalue weighted by Gasteiger charge is -2.06. The zero-order valence-corrected chi connectivity index (χ0v) is 8.29. The third-order valence-electron chi connectivity index (χ3n) is 2.28. The Morgan fingerprint density at radius 1 is 1.54 bits per heavy atom. The standard InChI is InChI=1S/C10H15NO2/c1-7-6-10(9(3)13)8(2)11(7)4-5-12/h6,12H,4-5H2,1-3H3. The average Bonchev–Trinajstić information content (AvgIpc) is 2.32. The number of hydrogen-bond acceptors (Lipinski definition) is 2. The molecule has 0 atom stereocenters. The average molecular weight is 181 g/mol. The maximum atomic E-state index is 11.2. The number of ketones is 1. The highest BCUT2D eigenvalue weighted by Crippen LogP contribution is 2.14. The minimum atomic E-state index is 0.0808. The molecule has 0 aliphatic heterocycles. The number of rotatable bonds is 3. The van der Waals surface area contributed by atoms with Gasteiger partial charge in [0.2, 0.25) is 0 Å². The molecule has 0 aromatic carbocycles. The molecular formula is C10H15NO2. The second-order valence-electron chi connectivity index (χ2n) is 3.22. The molecule has 13 heavy (non-hydrogen) atoms. The summed E-state index contributed by atoms with van der Waals surface area (Å²) in [5.74, 6) is 0.0808. The van der Waals surface area contributed by atoms with Crippen LogP contribution in [0.15, 0.2) is 6.07 Å². The monoisotopic (exact) mass is 181 g/mol. The summed E-state index contributed by atoms with van der Waals surface area (Å²) < 4.78 is 1.96. The van der Waals surface area contributed by atoms with Crippen LogP contribution in [-0.2, 0) is 6.54 Å². The highest BCUT2D eigenvalue weighted by Gasteiger charge is 2.11. The van der Waals surface area contributed by atoms with Crippen LogP contribution < -0.4 is 0 Å². The van der Waals surface area contributed by atoms with Gasteiger partial charge in [-0.15, -0.1) is 0 Å². The van der Waals surface area contributed by atoms with Gasteiger partial charge in [-0.05, 0) is 26.8 Å². The predicted molar refractivity (Wildman–Crippen MR) is 51.0 cm³/mol. The van der Waals surface area contributed by atoms with Crippen LogP contribution in [0.5, 0.6) is 0 Å². The lowest BCUT2D eigenvalue weighted by Crippen LogP contribution is -2.06. The second kappa shape index (κ2) is 3.75. The van der Waals surface area contributed by atoms with Crippen molar-refractivity contribution in [1.29, 1.82) is 0 Å². The Kier molecular flexibility index (Phi) is 2.88. The van der Waals surface area contributed by atoms with Crippen LogP contribution in [0, 0.1) is 13.8 Å². The first-order chi connectivity index (χ1) is 6.07. The fourth-order valence-corrected chi connectivity index (χ4v) is 1.60. The van der Waals surface area contributed by atoms with Crippen LogP contribution in [0.2, 0.25) is 0 Å². The summed E-state index contributed by atoms with van der Waals surface area (Å²) >= 11 is 0. The summed E-state index contributed by atoms with van der Waals surface area (Å²) in [4.78, 5) is 11.2. The van der Waals surface area contributed by atoms with Crippen molar-refractivity contribution in [3.8, 4) is 0 Å². The van der Waals surface area contributed by atoms with Crippen LogP contribution in [0.4, 0.5) is 0 Å². The van der Waals surface area contributed by atoms with Crippen LogP contribution in [0.3, 0.4) is 0 Å². The summed E-state index contributed by atoms with van der Waals surface area (Å²) in [5, 5.41) is 8.81. The van der Waals surface area contributed by atoms with Gasteiger partial charge < -0.3 is 9.67 Å². The number of nitrogens with zero attached hydrogens (tertiary/aromatic N) is 1. The number of aliphatic hydroxyl groups is 1. The van der Waals surface area contributed by atoms with Crippen LogP contribution in [0.25, 0.3) is 0 Å². The SMILES string of the molecule is CC(=O)c1cc(C)n(CCO)c1C. The molecule has 0 aliphatic carbocycles. The lowest BCUT2D eigenvalue weighted by molar-refractivity contribution is 0.101. The molecule has 72 valence electrons. The minimum absolute atomic E-state index is 0.0808. The molecule has 0 unspecified atom stereocenters. The van der Waals surface area contributed by atoms with Crippen LogP contribution in [-0.4, -0.2) is 22.1 Å². The van der Waals surface area contributed by atoms with Gasteiger partial charge in [0.1, 0.15) is 0 Å². The molecule has 1 aromatic rings. The molecule has 1 heterocycles. The molecule has 3 nitrogen and oxygen atoms in total. The molecule has 1 N–H and O–H groups in total. The van der Waals surface area contributed by atoms with E-state index in [1.807, 2.05) is 24.5 Å². The quantitative estimate of drug-likeness (QED) is 0.714. The topological polar surface area (TPSA) is 42.2 Å². The van der Waals surface area contributed by atoms with Crippen molar-refractivity contribution in [2.75, 3.05) is 6.61 Å². The summed E-state index contributed by atoms with van der Waals surface area (Å²) in [6.45, 7) is 6.07. The molecule has 0 amide bonds. The molecule has 0 radical (unpaired) electrons. The van der Waals surface area contributed by atoms with Gasteiger partial charge >= 0.3 is 0 Å². The molecule has 1 rings (SSSR count). The van der Waals surface area contributed by atoms with Gasteiger partial charge in [0.15, 0.2) is 5.78 Å². The first-order valence-corrected chi connectivity index (χ1v) is 4.36. The van der Waals surface area contributed by atoms with Gasteiger partial charge in [0.05, 0.1) is 6.61 Å². The molecule has 0 saturated carbocycles. The van der Waals surface area contributed by atoms with E-state index in [0.29, 0.717) is 6.54 Å². The minimum Gasteiger partial charge on any atom is -0.395 e. The normalized spacial score (nSPS) is 10.5. The number of aromatic nitrogens is 1. The van der Waals surface area contributed by atoms with E-state index in [-0.39, 0.29) is 12.4 Å². The van der Waals surface area contributed by atoms with E-state index < -0.39 is 0 Å². The smallest absolute Gasteiger partial charge is 0.161 e. The molecule has 0 saturated heterocycles. The third-order valence-corrected chi connectivity index (χ3v) is 2.28. The summed E-state index contributed by atoms with van der Waals surface area (Å²) in [6, 6.07) is 1.87. The molecular weight excluding hydrogens is 166 g/mol. The number of carbonyl (C=O) groups is 1. The molecule has 0 spiro atoms. The Hall–Kier alpha value is -1.09. The molecule has 3 heteroatoms. The Labute approximate surface area is 78.0 Å². The van der Waals surface area contributed by atoms with E-state index in [1.54, 1.807) is 6.92 Å². The van der Waals surface area contributed by atoms with E-state index in [0.717, 1.165) is 17.0 Å². The molecule has 1 aromatic heterocycles. The summed E-state index contributed by atoms with van der Waals surface area (Å²) in [5.41, 5.74) is 2.72. The lowest BCUT2D eigenvalue weighted by atomic mass is 10.2. The van der Waals surface area contributed by atoms with Crippen LogP contribution >= 0.6 is 0 Å². The molecule has 0 bridgehead atoms. The van der Waals surface area contributed by atoms with Crippen molar-refractivity contribution < 1.29 is 9.90 Å². The Morgan fingerprint density at radius 2 is 2.15 bits per heavy atom. The van der Waals surface area contributed by atoms with Gasteiger partial charge in [-0.1, -0.05) is 0 Å². The Balaban J connectivity index is 3.14. The van der Waals surface area contributed by atoms with Gasteiger partial charge in [0, 0.05) is 23.5 Å².